The number of nitrogens with zero attached hydrogens (tertiary/aromatic N) is 3. The lowest BCUT2D eigenvalue weighted by Crippen LogP contribution is -2.42. The van der Waals surface area contributed by atoms with Crippen molar-refractivity contribution in [3.05, 3.63) is 45.7 Å². The van der Waals surface area contributed by atoms with E-state index in [0.29, 0.717) is 19.0 Å². The Labute approximate surface area is 173 Å². The third-order valence-corrected chi connectivity index (χ3v) is 7.02. The summed E-state index contributed by atoms with van der Waals surface area (Å²) in [6.07, 6.45) is -3.08. The first-order chi connectivity index (χ1) is 13.1. The van der Waals surface area contributed by atoms with Crippen molar-refractivity contribution >= 4 is 43.5 Å². The van der Waals surface area contributed by atoms with Gasteiger partial charge in [0, 0.05) is 29.8 Å². The molecule has 12 heteroatoms. The second-order valence-electron chi connectivity index (χ2n) is 6.17. The molecule has 0 radical (unpaired) electrons. The molecule has 1 N–H and O–H groups in total. The molecule has 2 heterocycles. The van der Waals surface area contributed by atoms with Crippen LogP contribution < -0.4 is 5.32 Å². The van der Waals surface area contributed by atoms with Crippen LogP contribution in [-0.2, 0) is 16.2 Å². The first-order valence-corrected chi connectivity index (χ1v) is 10.8. The third kappa shape index (κ3) is 4.76. The summed E-state index contributed by atoms with van der Waals surface area (Å²) in [7, 11) is -3.60. The zero-order valence-electron chi connectivity index (χ0n) is 14.2. The van der Waals surface area contributed by atoms with E-state index >= 15 is 0 Å². The van der Waals surface area contributed by atoms with Crippen molar-refractivity contribution in [1.82, 2.24) is 14.3 Å². The quantitative estimate of drug-likeness (QED) is 0.639. The van der Waals surface area contributed by atoms with Crippen LogP contribution in [0.15, 0.2) is 39.8 Å². The van der Waals surface area contributed by atoms with Crippen LogP contribution in [0, 0.1) is 0 Å². The Kier molecular flexibility index (Phi) is 6.18. The number of rotatable bonds is 4. The molecule has 28 heavy (non-hydrogen) atoms. The number of hydrogen-bond donors (Lipinski definition) is 1. The molecule has 2 aromatic rings. The summed E-state index contributed by atoms with van der Waals surface area (Å²) >= 11 is 8.86. The van der Waals surface area contributed by atoms with Crippen LogP contribution in [0.5, 0.6) is 0 Å². The van der Waals surface area contributed by atoms with E-state index in [1.165, 1.54) is 16.4 Å². The number of hydrogen-bond acceptors (Lipinski definition) is 5. The van der Waals surface area contributed by atoms with Gasteiger partial charge in [-0.2, -0.15) is 17.5 Å². The van der Waals surface area contributed by atoms with Crippen molar-refractivity contribution < 1.29 is 21.6 Å². The highest BCUT2D eigenvalue weighted by molar-refractivity contribution is 9.10. The minimum Gasteiger partial charge on any atom is -0.351 e. The molecule has 0 bridgehead atoms. The molecular weight excluding hydrogens is 485 g/mol. The van der Waals surface area contributed by atoms with Crippen molar-refractivity contribution in [2.24, 2.45) is 0 Å². The highest BCUT2D eigenvalue weighted by atomic mass is 79.9. The summed E-state index contributed by atoms with van der Waals surface area (Å²) < 4.78 is 65.6. The van der Waals surface area contributed by atoms with E-state index in [4.69, 9.17) is 11.6 Å². The van der Waals surface area contributed by atoms with Crippen molar-refractivity contribution in [2.45, 2.75) is 30.0 Å². The zero-order valence-corrected chi connectivity index (χ0v) is 17.4. The van der Waals surface area contributed by atoms with Gasteiger partial charge < -0.3 is 5.32 Å². The Morgan fingerprint density at radius 3 is 2.32 bits per heavy atom. The standard InChI is InChI=1S/C16H15BrClF3N4O2S/c17-10-1-3-12(4-2-10)28(26,27)25-7-5-11(6-8-25)23-15-22-9-13(14(18)24-15)16(19,20)21/h1-4,9,11H,5-8H2,(H,22,23,24). The summed E-state index contributed by atoms with van der Waals surface area (Å²) in [5.41, 5.74) is -1.10. The van der Waals surface area contributed by atoms with Gasteiger partial charge >= 0.3 is 6.18 Å². The maximum atomic E-state index is 12.7. The van der Waals surface area contributed by atoms with Crippen molar-refractivity contribution in [2.75, 3.05) is 18.4 Å². The van der Waals surface area contributed by atoms with Gasteiger partial charge in [0.2, 0.25) is 16.0 Å². The Balaban J connectivity index is 1.63. The lowest BCUT2D eigenvalue weighted by Gasteiger charge is -2.31. The fraction of sp³-hybridized carbons (Fsp3) is 0.375. The summed E-state index contributed by atoms with van der Waals surface area (Å²) in [5, 5.41) is 2.24. The van der Waals surface area contributed by atoms with E-state index in [1.54, 1.807) is 12.1 Å². The fourth-order valence-corrected chi connectivity index (χ4v) is 4.77. The second-order valence-corrected chi connectivity index (χ2v) is 9.38. The molecule has 3 rings (SSSR count). The average Bonchev–Trinajstić information content (AvgIpc) is 2.61. The number of anilines is 1. The Bertz CT molecular complexity index is 949. The van der Waals surface area contributed by atoms with Gasteiger partial charge in [-0.3, -0.25) is 0 Å². The molecular formula is C16H15BrClF3N4O2S. The molecule has 1 aliphatic heterocycles. The summed E-state index contributed by atoms with van der Waals surface area (Å²) in [6, 6.07) is 6.20. The third-order valence-electron chi connectivity index (χ3n) is 4.29. The predicted octanol–water partition coefficient (Wildman–Crippen LogP) is 4.18. The van der Waals surface area contributed by atoms with Gasteiger partial charge in [-0.15, -0.1) is 0 Å². The van der Waals surface area contributed by atoms with E-state index in [1.807, 2.05) is 0 Å². The normalized spacial score (nSPS) is 16.9. The van der Waals surface area contributed by atoms with Crippen LogP contribution >= 0.6 is 27.5 Å². The van der Waals surface area contributed by atoms with Crippen LogP contribution in [0.25, 0.3) is 0 Å². The first kappa shape index (κ1) is 21.3. The van der Waals surface area contributed by atoms with Gasteiger partial charge in [-0.1, -0.05) is 27.5 Å². The van der Waals surface area contributed by atoms with Gasteiger partial charge in [0.25, 0.3) is 0 Å². The average molecular weight is 500 g/mol. The van der Waals surface area contributed by atoms with Crippen molar-refractivity contribution in [1.29, 1.82) is 0 Å². The van der Waals surface area contributed by atoms with E-state index in [9.17, 15) is 21.6 Å². The lowest BCUT2D eigenvalue weighted by atomic mass is 10.1. The Hall–Kier alpha value is -1.43. The van der Waals surface area contributed by atoms with Crippen LogP contribution in [0.2, 0.25) is 5.15 Å². The first-order valence-electron chi connectivity index (χ1n) is 8.19. The smallest absolute Gasteiger partial charge is 0.351 e. The number of nitrogens with one attached hydrogen (secondary N) is 1. The maximum absolute atomic E-state index is 12.7. The van der Waals surface area contributed by atoms with E-state index < -0.39 is 26.9 Å². The van der Waals surface area contributed by atoms with E-state index in [2.05, 4.69) is 31.2 Å². The molecule has 0 saturated carbocycles. The SMILES string of the molecule is O=S(=O)(c1ccc(Br)cc1)N1CCC(Nc2ncc(C(F)(F)F)c(Cl)n2)CC1. The molecule has 1 aromatic heterocycles. The lowest BCUT2D eigenvalue weighted by molar-refractivity contribution is -0.137. The molecule has 0 amide bonds. The Morgan fingerprint density at radius 1 is 1.18 bits per heavy atom. The van der Waals surface area contributed by atoms with Crippen LogP contribution in [0.1, 0.15) is 18.4 Å². The number of piperidine rings is 1. The monoisotopic (exact) mass is 498 g/mol. The predicted molar refractivity (Wildman–Crippen MR) is 102 cm³/mol. The van der Waals surface area contributed by atoms with Gasteiger partial charge in [0.05, 0.1) is 4.90 Å². The van der Waals surface area contributed by atoms with Crippen molar-refractivity contribution in [3.63, 3.8) is 0 Å². The number of alkyl halides is 3. The Morgan fingerprint density at radius 2 is 1.79 bits per heavy atom. The minimum atomic E-state index is -4.62. The summed E-state index contributed by atoms with van der Waals surface area (Å²) in [5.74, 6) is -0.0211. The van der Waals surface area contributed by atoms with Gasteiger partial charge in [-0.25, -0.2) is 18.4 Å². The molecule has 0 unspecified atom stereocenters. The van der Waals surface area contributed by atoms with Crippen LogP contribution in [0.3, 0.4) is 0 Å². The molecule has 1 aromatic carbocycles. The highest BCUT2D eigenvalue weighted by Crippen LogP contribution is 2.33. The molecule has 0 spiro atoms. The maximum Gasteiger partial charge on any atom is 0.420 e. The molecule has 152 valence electrons. The van der Waals surface area contributed by atoms with Crippen LogP contribution in [-0.4, -0.2) is 41.8 Å². The number of sulfonamides is 1. The topological polar surface area (TPSA) is 75.2 Å². The van der Waals surface area contributed by atoms with E-state index in [0.717, 1.165) is 4.47 Å². The van der Waals surface area contributed by atoms with Gasteiger partial charge in [-0.05, 0) is 37.1 Å². The summed E-state index contributed by atoms with van der Waals surface area (Å²) in [4.78, 5) is 7.51. The number of benzene rings is 1. The fourth-order valence-electron chi connectivity index (χ4n) is 2.80. The molecule has 6 nitrogen and oxygen atoms in total. The highest BCUT2D eigenvalue weighted by Gasteiger charge is 2.35. The second kappa shape index (κ2) is 8.13. The molecule has 1 fully saturated rings. The minimum absolute atomic E-state index is 0.0211. The molecule has 0 atom stereocenters. The van der Waals surface area contributed by atoms with Crippen molar-refractivity contribution in [3.8, 4) is 0 Å². The van der Waals surface area contributed by atoms with Gasteiger partial charge in [0.1, 0.15) is 10.7 Å². The number of aromatic nitrogens is 2. The molecule has 1 saturated heterocycles. The van der Waals surface area contributed by atoms with Crippen LogP contribution in [0.4, 0.5) is 19.1 Å². The molecule has 1 aliphatic rings. The molecule has 0 aliphatic carbocycles. The largest absolute Gasteiger partial charge is 0.420 e. The summed E-state index contributed by atoms with van der Waals surface area (Å²) in [6.45, 7) is 0.537. The number of halogens is 5. The van der Waals surface area contributed by atoms with Gasteiger partial charge in [0.15, 0.2) is 0 Å². The zero-order chi connectivity index (χ0) is 20.5. The van der Waals surface area contributed by atoms with E-state index in [-0.39, 0.29) is 30.0 Å².